The summed E-state index contributed by atoms with van der Waals surface area (Å²) in [5, 5.41) is 0. The Morgan fingerprint density at radius 2 is 1.64 bits per heavy atom. The summed E-state index contributed by atoms with van der Waals surface area (Å²) in [5.41, 5.74) is 5.75. The number of rotatable bonds is 7. The zero-order chi connectivity index (χ0) is 11.1. The molecular weight excluding hydrogens is 174 g/mol. The van der Waals surface area contributed by atoms with E-state index in [0.717, 1.165) is 12.3 Å². The predicted octanol–water partition coefficient (Wildman–Crippen LogP) is 2.76. The molecule has 84 valence electrons. The van der Waals surface area contributed by atoms with Gasteiger partial charge in [-0.15, -0.1) is 0 Å². The van der Waals surface area contributed by atoms with E-state index in [0.29, 0.717) is 5.92 Å². The lowest BCUT2D eigenvalue weighted by Gasteiger charge is -2.17. The number of ketones is 1. The molecule has 2 N–H and O–H groups in total. The Balaban J connectivity index is 3.53. The molecule has 0 spiro atoms. The van der Waals surface area contributed by atoms with Gasteiger partial charge in [-0.2, -0.15) is 0 Å². The molecule has 0 aliphatic carbocycles. The molecule has 0 heterocycles. The predicted molar refractivity (Wildman–Crippen MR) is 61.1 cm³/mol. The second-order valence-electron chi connectivity index (χ2n) is 4.79. The van der Waals surface area contributed by atoms with Gasteiger partial charge < -0.3 is 5.73 Å². The van der Waals surface area contributed by atoms with Gasteiger partial charge in [-0.1, -0.05) is 40.0 Å². The fourth-order valence-electron chi connectivity index (χ4n) is 1.60. The third-order valence-electron chi connectivity index (χ3n) is 2.77. The molecule has 0 amide bonds. The average Bonchev–Trinajstić information content (AvgIpc) is 2.10. The fraction of sp³-hybridized carbons (Fsp3) is 0.917. The first-order valence-corrected chi connectivity index (χ1v) is 5.71. The quantitative estimate of drug-likeness (QED) is 0.641. The van der Waals surface area contributed by atoms with Crippen molar-refractivity contribution < 1.29 is 4.79 Å². The van der Waals surface area contributed by atoms with Crippen LogP contribution in [0, 0.1) is 11.8 Å². The molecule has 0 aromatic carbocycles. The second kappa shape index (κ2) is 6.99. The van der Waals surface area contributed by atoms with Crippen molar-refractivity contribution in [1.29, 1.82) is 0 Å². The number of hydrogen-bond acceptors (Lipinski definition) is 2. The Morgan fingerprint density at radius 3 is 2.07 bits per heavy atom. The van der Waals surface area contributed by atoms with Crippen LogP contribution in [-0.2, 0) is 4.79 Å². The van der Waals surface area contributed by atoms with E-state index >= 15 is 0 Å². The van der Waals surface area contributed by atoms with Crippen LogP contribution < -0.4 is 5.73 Å². The van der Waals surface area contributed by atoms with E-state index in [9.17, 15) is 4.79 Å². The molecule has 0 fully saturated rings. The summed E-state index contributed by atoms with van der Waals surface area (Å²) in [6.07, 6.45) is 4.81. The van der Waals surface area contributed by atoms with Crippen LogP contribution in [0.4, 0.5) is 0 Å². The summed E-state index contributed by atoms with van der Waals surface area (Å²) in [6.45, 7) is 8.13. The third-order valence-corrected chi connectivity index (χ3v) is 2.77. The summed E-state index contributed by atoms with van der Waals surface area (Å²) >= 11 is 0. The minimum Gasteiger partial charge on any atom is -0.321 e. The molecule has 0 aromatic heterocycles. The van der Waals surface area contributed by atoms with Crippen LogP contribution in [0.5, 0.6) is 0 Å². The average molecular weight is 199 g/mol. The number of Topliss-reactive ketones (excluding diaryl/α,β-unsaturated/α-hetero) is 1. The van der Waals surface area contributed by atoms with Crippen LogP contribution in [-0.4, -0.2) is 11.8 Å². The van der Waals surface area contributed by atoms with Gasteiger partial charge >= 0.3 is 0 Å². The second-order valence-corrected chi connectivity index (χ2v) is 4.79. The van der Waals surface area contributed by atoms with Crippen molar-refractivity contribution >= 4 is 5.78 Å². The lowest BCUT2D eigenvalue weighted by Crippen LogP contribution is -2.35. The van der Waals surface area contributed by atoms with Crippen LogP contribution in [0.3, 0.4) is 0 Å². The summed E-state index contributed by atoms with van der Waals surface area (Å²) in [4.78, 5) is 11.0. The lowest BCUT2D eigenvalue weighted by atomic mass is 9.93. The molecule has 2 heteroatoms. The van der Waals surface area contributed by atoms with Gasteiger partial charge in [0.25, 0.3) is 0 Å². The van der Waals surface area contributed by atoms with Gasteiger partial charge in [0.1, 0.15) is 5.78 Å². The van der Waals surface area contributed by atoms with Crippen molar-refractivity contribution in [1.82, 2.24) is 0 Å². The summed E-state index contributed by atoms with van der Waals surface area (Å²) in [6, 6.07) is -0.256. The van der Waals surface area contributed by atoms with E-state index in [1.54, 1.807) is 6.92 Å². The molecule has 2 atom stereocenters. The van der Waals surface area contributed by atoms with E-state index in [-0.39, 0.29) is 11.8 Å². The first kappa shape index (κ1) is 13.6. The van der Waals surface area contributed by atoms with Crippen molar-refractivity contribution in [2.75, 3.05) is 0 Å². The van der Waals surface area contributed by atoms with Crippen LogP contribution >= 0.6 is 0 Å². The minimum absolute atomic E-state index is 0.112. The van der Waals surface area contributed by atoms with Gasteiger partial charge in [0.05, 0.1) is 6.04 Å². The molecule has 14 heavy (non-hydrogen) atoms. The first-order valence-electron chi connectivity index (χ1n) is 5.71. The number of carbonyl (C=O) groups is 1. The van der Waals surface area contributed by atoms with Crippen molar-refractivity contribution in [3.8, 4) is 0 Å². The summed E-state index contributed by atoms with van der Waals surface area (Å²) in [5.74, 6) is 1.23. The normalized spacial score (nSPS) is 15.6. The number of unbranched alkanes of at least 4 members (excludes halogenated alkanes) is 1. The highest BCUT2D eigenvalue weighted by atomic mass is 16.1. The highest BCUT2D eigenvalue weighted by Gasteiger charge is 2.16. The summed E-state index contributed by atoms with van der Waals surface area (Å²) < 4.78 is 0. The number of nitrogens with two attached hydrogens (primary N) is 1. The Morgan fingerprint density at radius 1 is 1.14 bits per heavy atom. The summed E-state index contributed by atoms with van der Waals surface area (Å²) in [7, 11) is 0. The molecule has 0 unspecified atom stereocenters. The lowest BCUT2D eigenvalue weighted by molar-refractivity contribution is -0.119. The monoisotopic (exact) mass is 199 g/mol. The van der Waals surface area contributed by atoms with Gasteiger partial charge in [0, 0.05) is 0 Å². The van der Waals surface area contributed by atoms with Gasteiger partial charge in [0.2, 0.25) is 0 Å². The molecule has 0 rings (SSSR count). The smallest absolute Gasteiger partial charge is 0.146 e. The Labute approximate surface area is 88.3 Å². The van der Waals surface area contributed by atoms with Crippen LogP contribution in [0.15, 0.2) is 0 Å². The highest BCUT2D eigenvalue weighted by molar-refractivity contribution is 5.81. The molecule has 0 saturated heterocycles. The van der Waals surface area contributed by atoms with E-state index in [4.69, 9.17) is 5.73 Å². The van der Waals surface area contributed by atoms with Crippen molar-refractivity contribution in [3.05, 3.63) is 0 Å². The fourth-order valence-corrected chi connectivity index (χ4v) is 1.60. The number of hydrogen-bond donors (Lipinski definition) is 1. The minimum atomic E-state index is -0.256. The van der Waals surface area contributed by atoms with Crippen molar-refractivity contribution in [2.45, 2.75) is 59.4 Å². The highest BCUT2D eigenvalue weighted by Crippen LogP contribution is 2.15. The first-order chi connectivity index (χ1) is 6.45. The van der Waals surface area contributed by atoms with Crippen molar-refractivity contribution in [3.63, 3.8) is 0 Å². The Bertz CT molecular complexity index is 166. The van der Waals surface area contributed by atoms with Crippen molar-refractivity contribution in [2.24, 2.45) is 17.6 Å². The van der Waals surface area contributed by atoms with Crippen LogP contribution in [0.1, 0.15) is 53.4 Å². The largest absolute Gasteiger partial charge is 0.321 e. The van der Waals surface area contributed by atoms with E-state index in [2.05, 4.69) is 20.8 Å². The van der Waals surface area contributed by atoms with E-state index < -0.39 is 0 Å². The molecule has 0 aliphatic rings. The van der Waals surface area contributed by atoms with Gasteiger partial charge in [0.15, 0.2) is 0 Å². The third kappa shape index (κ3) is 6.14. The Kier molecular flexibility index (Phi) is 6.81. The Hall–Kier alpha value is -0.370. The van der Waals surface area contributed by atoms with E-state index in [1.807, 2.05) is 0 Å². The maximum absolute atomic E-state index is 11.0. The molecular formula is C12H25NO. The molecule has 0 radical (unpaired) electrons. The van der Waals surface area contributed by atoms with Gasteiger partial charge in [-0.3, -0.25) is 4.79 Å². The zero-order valence-electron chi connectivity index (χ0n) is 10.0. The molecule has 2 nitrogen and oxygen atoms in total. The molecule has 0 aliphatic heterocycles. The molecule has 0 aromatic rings. The number of carbonyl (C=O) groups excluding carboxylic acids is 1. The standard InChI is InChI=1S/C12H25NO/c1-9(2)7-5-6-8-10(3)12(13)11(4)14/h9-10,12H,5-8,13H2,1-4H3/t10-,12-/m1/s1. The maximum atomic E-state index is 11.0. The van der Waals surface area contributed by atoms with Crippen LogP contribution in [0.2, 0.25) is 0 Å². The van der Waals surface area contributed by atoms with Crippen LogP contribution in [0.25, 0.3) is 0 Å². The van der Waals surface area contributed by atoms with E-state index in [1.165, 1.54) is 19.3 Å². The van der Waals surface area contributed by atoms with Gasteiger partial charge in [-0.25, -0.2) is 0 Å². The SMILES string of the molecule is CC(=O)[C@H](N)[C@H](C)CCCCC(C)C. The molecule has 0 saturated carbocycles. The maximum Gasteiger partial charge on any atom is 0.146 e. The molecule has 0 bridgehead atoms. The topological polar surface area (TPSA) is 43.1 Å². The van der Waals surface area contributed by atoms with Gasteiger partial charge in [-0.05, 0) is 25.2 Å². The zero-order valence-corrected chi connectivity index (χ0v) is 10.0.